The number of halogens is 3. The summed E-state index contributed by atoms with van der Waals surface area (Å²) in [5.74, 6) is -4.85. The van der Waals surface area contributed by atoms with Crippen LogP contribution in [0, 0.1) is 22.9 Å². The number of carbonyl (C=O) groups is 1. The van der Waals surface area contributed by atoms with Gasteiger partial charge in [-0.15, -0.1) is 0 Å². The van der Waals surface area contributed by atoms with E-state index in [2.05, 4.69) is 0 Å². The molecule has 1 aliphatic carbocycles. The molecule has 0 spiro atoms. The highest BCUT2D eigenvalue weighted by Crippen LogP contribution is 2.43. The van der Waals surface area contributed by atoms with Crippen molar-refractivity contribution in [3.05, 3.63) is 35.1 Å². The predicted molar refractivity (Wildman–Crippen MR) is 56.0 cm³/mol. The summed E-state index contributed by atoms with van der Waals surface area (Å²) in [6, 6.07) is 1.74. The normalized spacial score (nSPS) is 17.6. The van der Waals surface area contributed by atoms with E-state index < -0.39 is 34.2 Å². The molecule has 0 amide bonds. The summed E-state index contributed by atoms with van der Waals surface area (Å²) in [6.07, 6.45) is 1.98. The van der Waals surface area contributed by atoms with E-state index in [1.165, 1.54) is 0 Å². The molecule has 0 unspecified atom stereocenters. The third kappa shape index (κ3) is 1.74. The van der Waals surface area contributed by atoms with Crippen LogP contribution in [-0.4, -0.2) is 12.3 Å². The highest BCUT2D eigenvalue weighted by Gasteiger charge is 2.44. The van der Waals surface area contributed by atoms with Gasteiger partial charge in [0.25, 0.3) is 0 Å². The summed E-state index contributed by atoms with van der Waals surface area (Å²) in [7, 11) is 0. The van der Waals surface area contributed by atoms with Gasteiger partial charge in [-0.05, 0) is 25.0 Å². The van der Waals surface area contributed by atoms with Gasteiger partial charge in [0.1, 0.15) is 0 Å². The van der Waals surface area contributed by atoms with E-state index in [0.29, 0.717) is 12.8 Å². The first-order valence-electron chi connectivity index (χ1n) is 5.40. The van der Waals surface area contributed by atoms with E-state index in [1.807, 2.05) is 0 Å². The highest BCUT2D eigenvalue weighted by molar-refractivity contribution is 6.01. The Labute approximate surface area is 96.6 Å². The monoisotopic (exact) mass is 243 g/mol. The predicted octanol–water partition coefficient (Wildman–Crippen LogP) is 2.42. The fraction of sp³-hybridized carbons (Fsp3) is 0.417. The lowest BCUT2D eigenvalue weighted by atomic mass is 9.64. The Morgan fingerprint density at radius 2 is 1.88 bits per heavy atom. The standard InChI is InChI=1S/C12H12F3NO/c13-8-3-2-7(9(14)10(8)15)11(17)12(6-16)4-1-5-12/h2-3H,1,4-6,16H2. The van der Waals surface area contributed by atoms with E-state index in [0.717, 1.165) is 18.6 Å². The van der Waals surface area contributed by atoms with Crippen LogP contribution >= 0.6 is 0 Å². The molecule has 0 heterocycles. The van der Waals surface area contributed by atoms with Crippen molar-refractivity contribution in [3.8, 4) is 0 Å². The van der Waals surface area contributed by atoms with Crippen LogP contribution in [0.1, 0.15) is 29.6 Å². The van der Waals surface area contributed by atoms with E-state index in [9.17, 15) is 18.0 Å². The molecule has 17 heavy (non-hydrogen) atoms. The molecule has 1 fully saturated rings. The average molecular weight is 243 g/mol. The second-order valence-corrected chi connectivity index (χ2v) is 4.39. The van der Waals surface area contributed by atoms with Crippen LogP contribution in [0.5, 0.6) is 0 Å². The molecule has 0 aliphatic heterocycles. The van der Waals surface area contributed by atoms with Gasteiger partial charge in [-0.25, -0.2) is 13.2 Å². The van der Waals surface area contributed by atoms with Gasteiger partial charge in [0.05, 0.1) is 5.56 Å². The van der Waals surface area contributed by atoms with Crippen LogP contribution in [0.4, 0.5) is 13.2 Å². The molecule has 2 rings (SSSR count). The summed E-state index contributed by atoms with van der Waals surface area (Å²) in [4.78, 5) is 12.1. The molecule has 5 heteroatoms. The maximum Gasteiger partial charge on any atom is 0.195 e. The van der Waals surface area contributed by atoms with Crippen molar-refractivity contribution in [2.45, 2.75) is 19.3 Å². The summed E-state index contributed by atoms with van der Waals surface area (Å²) >= 11 is 0. The van der Waals surface area contributed by atoms with E-state index in [4.69, 9.17) is 5.73 Å². The van der Waals surface area contributed by atoms with Crippen molar-refractivity contribution in [2.24, 2.45) is 11.1 Å². The van der Waals surface area contributed by atoms with Gasteiger partial charge >= 0.3 is 0 Å². The minimum Gasteiger partial charge on any atom is -0.329 e. The van der Waals surface area contributed by atoms with Crippen molar-refractivity contribution in [1.29, 1.82) is 0 Å². The SMILES string of the molecule is NCC1(C(=O)c2ccc(F)c(F)c2F)CCC1. The van der Waals surface area contributed by atoms with Crippen LogP contribution in [-0.2, 0) is 0 Å². The third-order valence-corrected chi connectivity index (χ3v) is 3.46. The molecule has 0 aromatic heterocycles. The molecule has 1 aromatic rings. The number of hydrogen-bond donors (Lipinski definition) is 1. The second kappa shape index (κ2) is 4.14. The van der Waals surface area contributed by atoms with Crippen molar-refractivity contribution >= 4 is 5.78 Å². The third-order valence-electron chi connectivity index (χ3n) is 3.46. The van der Waals surface area contributed by atoms with E-state index >= 15 is 0 Å². The zero-order valence-electron chi connectivity index (χ0n) is 9.10. The summed E-state index contributed by atoms with van der Waals surface area (Å²) in [6.45, 7) is 0.101. The summed E-state index contributed by atoms with van der Waals surface area (Å²) in [5, 5.41) is 0. The Bertz CT molecular complexity index is 464. The van der Waals surface area contributed by atoms with Crippen LogP contribution in [0.3, 0.4) is 0 Å². The maximum absolute atomic E-state index is 13.5. The fourth-order valence-electron chi connectivity index (χ4n) is 2.11. The Morgan fingerprint density at radius 1 is 1.24 bits per heavy atom. The Morgan fingerprint density at radius 3 is 2.35 bits per heavy atom. The van der Waals surface area contributed by atoms with Gasteiger partial charge < -0.3 is 5.73 Å². The number of carbonyl (C=O) groups excluding carboxylic acids is 1. The number of rotatable bonds is 3. The summed E-state index contributed by atoms with van der Waals surface area (Å²) < 4.78 is 39.2. The van der Waals surface area contributed by atoms with Crippen molar-refractivity contribution in [3.63, 3.8) is 0 Å². The first-order chi connectivity index (χ1) is 8.02. The molecule has 1 saturated carbocycles. The van der Waals surface area contributed by atoms with Gasteiger partial charge in [0.2, 0.25) is 0 Å². The lowest BCUT2D eigenvalue weighted by molar-refractivity contribution is 0.0630. The van der Waals surface area contributed by atoms with E-state index in [-0.39, 0.29) is 6.54 Å². The second-order valence-electron chi connectivity index (χ2n) is 4.39. The lowest BCUT2D eigenvalue weighted by Crippen LogP contribution is -2.44. The smallest absolute Gasteiger partial charge is 0.195 e. The van der Waals surface area contributed by atoms with Crippen LogP contribution in [0.2, 0.25) is 0 Å². The van der Waals surface area contributed by atoms with Crippen molar-refractivity contribution in [2.75, 3.05) is 6.54 Å². The first kappa shape index (κ1) is 12.1. The number of nitrogens with two attached hydrogens (primary N) is 1. The molecule has 0 radical (unpaired) electrons. The van der Waals surface area contributed by atoms with Crippen LogP contribution in [0.15, 0.2) is 12.1 Å². The number of hydrogen-bond acceptors (Lipinski definition) is 2. The molecule has 0 saturated heterocycles. The lowest BCUT2D eigenvalue weighted by Gasteiger charge is -2.39. The Kier molecular flexibility index (Phi) is 2.95. The van der Waals surface area contributed by atoms with Gasteiger partial charge in [0.15, 0.2) is 23.2 Å². The zero-order valence-corrected chi connectivity index (χ0v) is 9.10. The topological polar surface area (TPSA) is 43.1 Å². The molecule has 2 nitrogen and oxygen atoms in total. The average Bonchev–Trinajstić information content (AvgIpc) is 2.25. The van der Waals surface area contributed by atoms with Gasteiger partial charge in [0, 0.05) is 12.0 Å². The molecule has 0 atom stereocenters. The minimum absolute atomic E-state index is 0.101. The van der Waals surface area contributed by atoms with Crippen LogP contribution in [0.25, 0.3) is 0 Å². The van der Waals surface area contributed by atoms with Crippen LogP contribution < -0.4 is 5.73 Å². The van der Waals surface area contributed by atoms with Gasteiger partial charge in [-0.3, -0.25) is 4.79 Å². The van der Waals surface area contributed by atoms with Crippen molar-refractivity contribution < 1.29 is 18.0 Å². The quantitative estimate of drug-likeness (QED) is 0.654. The van der Waals surface area contributed by atoms with Gasteiger partial charge in [-0.1, -0.05) is 6.42 Å². The number of ketones is 1. The zero-order chi connectivity index (χ0) is 12.6. The van der Waals surface area contributed by atoms with Crippen molar-refractivity contribution in [1.82, 2.24) is 0 Å². The highest BCUT2D eigenvalue weighted by atomic mass is 19.2. The molecule has 0 bridgehead atoms. The maximum atomic E-state index is 13.5. The Balaban J connectivity index is 2.41. The van der Waals surface area contributed by atoms with E-state index in [1.54, 1.807) is 0 Å². The molecule has 92 valence electrons. The summed E-state index contributed by atoms with van der Waals surface area (Å²) in [5.41, 5.74) is 4.32. The molecule has 2 N–H and O–H groups in total. The number of benzene rings is 1. The fourth-order valence-corrected chi connectivity index (χ4v) is 2.11. The van der Waals surface area contributed by atoms with Gasteiger partial charge in [-0.2, -0.15) is 0 Å². The molecular formula is C12H12F3NO. The number of Topliss-reactive ketones (excluding diaryl/α,β-unsaturated/α-hetero) is 1. The Hall–Kier alpha value is -1.36. The minimum atomic E-state index is -1.61. The molecule has 1 aromatic carbocycles. The largest absolute Gasteiger partial charge is 0.329 e. The molecule has 1 aliphatic rings. The molecular weight excluding hydrogens is 231 g/mol. The first-order valence-corrected chi connectivity index (χ1v) is 5.40.